The SMILES string of the molecule is O=C(N[C@@H](Cc1ccc(O)cc1)c1nc2ccccc2[nH]1)c1cc2cc(Cl)ccc2[nH]1. The van der Waals surface area contributed by atoms with Gasteiger partial charge < -0.3 is 20.4 Å². The largest absolute Gasteiger partial charge is 0.508 e. The third-order valence-corrected chi connectivity index (χ3v) is 5.48. The smallest absolute Gasteiger partial charge is 0.268 e. The minimum Gasteiger partial charge on any atom is -0.508 e. The predicted octanol–water partition coefficient (Wildman–Crippen LogP) is 5.12. The van der Waals surface area contributed by atoms with Crippen LogP contribution in [0.1, 0.15) is 27.9 Å². The van der Waals surface area contributed by atoms with Gasteiger partial charge in [-0.3, -0.25) is 4.79 Å². The summed E-state index contributed by atoms with van der Waals surface area (Å²) in [5.74, 6) is 0.628. The fourth-order valence-electron chi connectivity index (χ4n) is 3.68. The molecule has 5 aromatic rings. The van der Waals surface area contributed by atoms with Crippen LogP contribution in [0.15, 0.2) is 72.8 Å². The highest BCUT2D eigenvalue weighted by atomic mass is 35.5. The van der Waals surface area contributed by atoms with Crippen molar-refractivity contribution in [3.63, 3.8) is 0 Å². The summed E-state index contributed by atoms with van der Waals surface area (Å²) >= 11 is 6.07. The lowest BCUT2D eigenvalue weighted by Crippen LogP contribution is -2.31. The number of amides is 1. The van der Waals surface area contributed by atoms with Gasteiger partial charge in [0, 0.05) is 15.9 Å². The number of hydrogen-bond acceptors (Lipinski definition) is 3. The fourth-order valence-corrected chi connectivity index (χ4v) is 3.86. The summed E-state index contributed by atoms with van der Waals surface area (Å²) in [6.45, 7) is 0. The van der Waals surface area contributed by atoms with Gasteiger partial charge in [0.05, 0.1) is 17.1 Å². The zero-order valence-corrected chi connectivity index (χ0v) is 17.1. The van der Waals surface area contributed by atoms with E-state index >= 15 is 0 Å². The molecular weight excluding hydrogens is 412 g/mol. The first-order chi connectivity index (χ1) is 15.0. The maximum absolute atomic E-state index is 13.1. The second-order valence-electron chi connectivity index (χ2n) is 7.45. The van der Waals surface area contributed by atoms with Crippen LogP contribution in [-0.2, 0) is 6.42 Å². The molecule has 1 amide bonds. The van der Waals surface area contributed by atoms with Crippen LogP contribution in [0.5, 0.6) is 5.75 Å². The molecule has 0 aliphatic carbocycles. The molecule has 1 atom stereocenters. The topological polar surface area (TPSA) is 93.8 Å². The number of carbonyl (C=O) groups excluding carboxylic acids is 1. The molecule has 0 fully saturated rings. The number of carbonyl (C=O) groups is 1. The Morgan fingerprint density at radius 3 is 2.61 bits per heavy atom. The van der Waals surface area contributed by atoms with Crippen LogP contribution in [0.4, 0.5) is 0 Å². The highest BCUT2D eigenvalue weighted by Crippen LogP contribution is 2.23. The second-order valence-corrected chi connectivity index (χ2v) is 7.89. The molecule has 5 rings (SSSR count). The predicted molar refractivity (Wildman–Crippen MR) is 121 cm³/mol. The number of benzene rings is 3. The van der Waals surface area contributed by atoms with E-state index in [1.807, 2.05) is 48.5 Å². The lowest BCUT2D eigenvalue weighted by molar-refractivity contribution is 0.0930. The quantitative estimate of drug-likeness (QED) is 0.312. The number of rotatable bonds is 5. The standard InChI is InChI=1S/C24H19ClN4O2/c25-16-7-10-18-15(12-16)13-22(26-18)24(31)29-21(11-14-5-8-17(30)9-6-14)23-27-19-3-1-2-4-20(19)28-23/h1-10,12-13,21,26,30H,11H2,(H,27,28)(H,29,31)/t21-/m0/s1. The Labute approximate surface area is 182 Å². The number of halogens is 1. The molecule has 2 heterocycles. The van der Waals surface area contributed by atoms with Crippen LogP contribution >= 0.6 is 11.6 Å². The highest BCUT2D eigenvalue weighted by molar-refractivity contribution is 6.31. The molecule has 0 saturated carbocycles. The average Bonchev–Trinajstić information content (AvgIpc) is 3.38. The van der Waals surface area contributed by atoms with Gasteiger partial charge in [-0.1, -0.05) is 35.9 Å². The van der Waals surface area contributed by atoms with Gasteiger partial charge in [0.25, 0.3) is 5.91 Å². The van der Waals surface area contributed by atoms with Crippen molar-refractivity contribution in [1.82, 2.24) is 20.3 Å². The van der Waals surface area contributed by atoms with Crippen molar-refractivity contribution in [2.45, 2.75) is 12.5 Å². The minimum atomic E-state index is -0.389. The van der Waals surface area contributed by atoms with Gasteiger partial charge in [0.1, 0.15) is 17.3 Å². The summed E-state index contributed by atoms with van der Waals surface area (Å²) in [5.41, 5.74) is 4.00. The number of H-pyrrole nitrogens is 2. The Hall–Kier alpha value is -3.77. The van der Waals surface area contributed by atoms with Crippen LogP contribution in [0, 0.1) is 0 Å². The van der Waals surface area contributed by atoms with Gasteiger partial charge >= 0.3 is 0 Å². The molecule has 2 aromatic heterocycles. The van der Waals surface area contributed by atoms with E-state index in [9.17, 15) is 9.90 Å². The number of para-hydroxylation sites is 2. The average molecular weight is 431 g/mol. The molecule has 7 heteroatoms. The van der Waals surface area contributed by atoms with E-state index in [0.717, 1.165) is 27.5 Å². The Morgan fingerprint density at radius 1 is 1.00 bits per heavy atom. The van der Waals surface area contributed by atoms with Crippen LogP contribution in [-0.4, -0.2) is 26.0 Å². The maximum atomic E-state index is 13.1. The van der Waals surface area contributed by atoms with E-state index < -0.39 is 0 Å². The minimum absolute atomic E-state index is 0.199. The first-order valence-electron chi connectivity index (χ1n) is 9.87. The van der Waals surface area contributed by atoms with Crippen LogP contribution < -0.4 is 5.32 Å². The van der Waals surface area contributed by atoms with Crippen molar-refractivity contribution < 1.29 is 9.90 Å². The van der Waals surface area contributed by atoms with Crippen molar-refractivity contribution in [3.05, 3.63) is 94.9 Å². The van der Waals surface area contributed by atoms with Gasteiger partial charge in [-0.05, 0) is 60.5 Å². The number of aromatic amines is 2. The summed E-state index contributed by atoms with van der Waals surface area (Å²) in [6, 6.07) is 21.5. The van der Waals surface area contributed by atoms with Gasteiger partial charge in [-0.2, -0.15) is 0 Å². The summed E-state index contributed by atoms with van der Waals surface area (Å²) in [7, 11) is 0. The van der Waals surface area contributed by atoms with E-state index in [1.54, 1.807) is 24.3 Å². The molecule has 0 radical (unpaired) electrons. The molecule has 154 valence electrons. The molecule has 0 aliphatic heterocycles. The third kappa shape index (κ3) is 3.98. The van der Waals surface area contributed by atoms with Crippen molar-refractivity contribution in [1.29, 1.82) is 0 Å². The first-order valence-corrected chi connectivity index (χ1v) is 10.2. The number of hydrogen-bond donors (Lipinski definition) is 4. The van der Waals surface area contributed by atoms with E-state index in [4.69, 9.17) is 11.6 Å². The van der Waals surface area contributed by atoms with E-state index in [-0.39, 0.29) is 17.7 Å². The van der Waals surface area contributed by atoms with Crippen molar-refractivity contribution in [2.75, 3.05) is 0 Å². The van der Waals surface area contributed by atoms with Gasteiger partial charge in [0.2, 0.25) is 0 Å². The Balaban J connectivity index is 1.47. The number of phenols is 1. The van der Waals surface area contributed by atoms with Crippen LogP contribution in [0.3, 0.4) is 0 Å². The second kappa shape index (κ2) is 7.81. The van der Waals surface area contributed by atoms with Crippen molar-refractivity contribution in [2.24, 2.45) is 0 Å². The normalized spacial score (nSPS) is 12.3. The third-order valence-electron chi connectivity index (χ3n) is 5.25. The summed E-state index contributed by atoms with van der Waals surface area (Å²) in [6.07, 6.45) is 0.512. The first kappa shape index (κ1) is 19.2. The van der Waals surface area contributed by atoms with Crippen LogP contribution in [0.25, 0.3) is 21.9 Å². The highest BCUT2D eigenvalue weighted by Gasteiger charge is 2.21. The lowest BCUT2D eigenvalue weighted by Gasteiger charge is -2.16. The molecule has 0 unspecified atom stereocenters. The summed E-state index contributed by atoms with van der Waals surface area (Å²) in [5, 5.41) is 14.2. The number of nitrogens with zero attached hydrogens (tertiary/aromatic N) is 1. The molecule has 31 heavy (non-hydrogen) atoms. The molecule has 0 spiro atoms. The lowest BCUT2D eigenvalue weighted by atomic mass is 10.0. The fraction of sp³-hybridized carbons (Fsp3) is 0.0833. The molecule has 0 saturated heterocycles. The number of nitrogens with one attached hydrogen (secondary N) is 3. The maximum Gasteiger partial charge on any atom is 0.268 e. The zero-order valence-electron chi connectivity index (χ0n) is 16.4. The molecular formula is C24H19ClN4O2. The molecule has 4 N–H and O–H groups in total. The molecule has 0 aliphatic rings. The van der Waals surface area contributed by atoms with Crippen molar-refractivity contribution >= 4 is 39.4 Å². The Kier molecular flexibility index (Phi) is 4.84. The van der Waals surface area contributed by atoms with E-state index in [1.165, 1.54) is 0 Å². The molecule has 3 aromatic carbocycles. The number of aromatic hydroxyl groups is 1. The van der Waals surface area contributed by atoms with E-state index in [2.05, 4.69) is 20.3 Å². The van der Waals surface area contributed by atoms with Crippen LogP contribution in [0.2, 0.25) is 5.02 Å². The number of fused-ring (bicyclic) bond motifs is 2. The van der Waals surface area contributed by atoms with Gasteiger partial charge in [-0.25, -0.2) is 4.98 Å². The van der Waals surface area contributed by atoms with Crippen molar-refractivity contribution in [3.8, 4) is 5.75 Å². The molecule has 6 nitrogen and oxygen atoms in total. The number of aromatic nitrogens is 3. The summed E-state index contributed by atoms with van der Waals surface area (Å²) in [4.78, 5) is 24.2. The summed E-state index contributed by atoms with van der Waals surface area (Å²) < 4.78 is 0. The molecule has 0 bridgehead atoms. The Morgan fingerprint density at radius 2 is 1.81 bits per heavy atom. The van der Waals surface area contributed by atoms with Gasteiger partial charge in [-0.15, -0.1) is 0 Å². The monoisotopic (exact) mass is 430 g/mol. The zero-order chi connectivity index (χ0) is 21.4. The Bertz CT molecular complexity index is 1360. The van der Waals surface area contributed by atoms with E-state index in [0.29, 0.717) is 23.0 Å². The van der Waals surface area contributed by atoms with Gasteiger partial charge in [0.15, 0.2) is 0 Å². The number of imidazole rings is 1. The number of phenolic OH excluding ortho intramolecular Hbond substituents is 1.